The van der Waals surface area contributed by atoms with Gasteiger partial charge in [0.05, 0.1) is 16.3 Å². The van der Waals surface area contributed by atoms with E-state index in [9.17, 15) is 26.9 Å². The molecule has 0 unspecified atom stereocenters. The molecule has 0 aliphatic rings. The van der Waals surface area contributed by atoms with Crippen LogP contribution in [-0.2, 0) is 20.0 Å². The number of benzene rings is 3. The van der Waals surface area contributed by atoms with E-state index in [1.165, 1.54) is 54.6 Å². The van der Waals surface area contributed by atoms with E-state index in [1.54, 1.807) is 6.07 Å². The van der Waals surface area contributed by atoms with Gasteiger partial charge in [0.25, 0.3) is 25.7 Å². The molecule has 150 valence electrons. The summed E-state index contributed by atoms with van der Waals surface area (Å²) in [5.41, 5.74) is 4.65. The fourth-order valence-electron chi connectivity index (χ4n) is 2.68. The molecule has 0 saturated carbocycles. The molecule has 3 rings (SSSR count). The molecule has 0 aliphatic heterocycles. The first-order valence-electron chi connectivity index (χ1n) is 8.11. The van der Waals surface area contributed by atoms with Gasteiger partial charge in [0.15, 0.2) is 4.90 Å². The third-order valence-corrected chi connectivity index (χ3v) is 8.24. The Balaban J connectivity index is 2.35. The van der Waals surface area contributed by atoms with Gasteiger partial charge in [-0.1, -0.05) is 42.5 Å². The van der Waals surface area contributed by atoms with Crippen LogP contribution in [0, 0.1) is 10.1 Å². The Morgan fingerprint density at radius 2 is 1.21 bits per heavy atom. The van der Waals surface area contributed by atoms with Gasteiger partial charge >= 0.3 is 0 Å². The van der Waals surface area contributed by atoms with E-state index in [0.29, 0.717) is 0 Å². The molecule has 0 atom stereocenters. The standard InChI is InChI=1S/C18H15N3O6S2/c19-15-10-4-6-12-17(15)28(24,25)21(14-8-2-1-3-9-14)29(26,27)18-13-7-5-11-16(18)20(22)23/h1-13H,19H2. The van der Waals surface area contributed by atoms with E-state index in [1.807, 2.05) is 0 Å². The number of anilines is 2. The van der Waals surface area contributed by atoms with Gasteiger partial charge in [-0.3, -0.25) is 10.1 Å². The third-order valence-electron chi connectivity index (χ3n) is 3.94. The van der Waals surface area contributed by atoms with Crippen molar-refractivity contribution in [3.63, 3.8) is 0 Å². The number of para-hydroxylation sites is 3. The Bertz CT molecular complexity index is 1280. The van der Waals surface area contributed by atoms with Crippen LogP contribution in [0.5, 0.6) is 0 Å². The van der Waals surface area contributed by atoms with Crippen LogP contribution < -0.4 is 9.44 Å². The molecule has 9 nitrogen and oxygen atoms in total. The Hall–Kier alpha value is -3.44. The smallest absolute Gasteiger partial charge is 0.289 e. The van der Waals surface area contributed by atoms with Gasteiger partial charge in [0.1, 0.15) is 4.90 Å². The van der Waals surface area contributed by atoms with Crippen molar-refractivity contribution in [1.82, 2.24) is 0 Å². The zero-order valence-corrected chi connectivity index (χ0v) is 16.4. The predicted molar refractivity (Wildman–Crippen MR) is 107 cm³/mol. The van der Waals surface area contributed by atoms with Crippen LogP contribution in [-0.4, -0.2) is 21.8 Å². The van der Waals surface area contributed by atoms with E-state index < -0.39 is 40.4 Å². The lowest BCUT2D eigenvalue weighted by Crippen LogP contribution is -2.37. The van der Waals surface area contributed by atoms with E-state index in [4.69, 9.17) is 5.73 Å². The topological polar surface area (TPSA) is 141 Å². The van der Waals surface area contributed by atoms with Crippen molar-refractivity contribution in [3.05, 3.63) is 89.0 Å². The summed E-state index contributed by atoms with van der Waals surface area (Å²) in [6.07, 6.45) is 0. The maximum Gasteiger partial charge on any atom is 0.289 e. The SMILES string of the molecule is Nc1ccccc1S(=O)(=O)N(c1ccccc1)S(=O)(=O)c1ccccc1[N+](=O)[O-]. The molecule has 0 heterocycles. The Labute approximate surface area is 167 Å². The van der Waals surface area contributed by atoms with Gasteiger partial charge in [0, 0.05) is 6.07 Å². The monoisotopic (exact) mass is 433 g/mol. The molecule has 29 heavy (non-hydrogen) atoms. The van der Waals surface area contributed by atoms with Gasteiger partial charge in [-0.2, -0.15) is 20.5 Å². The summed E-state index contributed by atoms with van der Waals surface area (Å²) >= 11 is 0. The second-order valence-electron chi connectivity index (χ2n) is 5.81. The van der Waals surface area contributed by atoms with E-state index in [-0.39, 0.29) is 15.1 Å². The van der Waals surface area contributed by atoms with Gasteiger partial charge in [0.2, 0.25) is 0 Å². The number of nitrogen functional groups attached to an aromatic ring is 1. The zero-order chi connectivity index (χ0) is 21.2. The highest BCUT2D eigenvalue weighted by Gasteiger charge is 2.40. The van der Waals surface area contributed by atoms with Crippen LogP contribution in [0.15, 0.2) is 88.7 Å². The highest BCUT2D eigenvalue weighted by atomic mass is 32.3. The molecule has 3 aromatic carbocycles. The zero-order valence-electron chi connectivity index (χ0n) is 14.7. The second-order valence-corrected chi connectivity index (χ2v) is 9.55. The fourth-order valence-corrected chi connectivity index (χ4v) is 6.62. The van der Waals surface area contributed by atoms with Crippen molar-refractivity contribution in [2.24, 2.45) is 0 Å². The lowest BCUT2D eigenvalue weighted by molar-refractivity contribution is -0.387. The van der Waals surface area contributed by atoms with E-state index >= 15 is 0 Å². The Morgan fingerprint density at radius 3 is 1.79 bits per heavy atom. The van der Waals surface area contributed by atoms with Crippen LogP contribution in [0.3, 0.4) is 0 Å². The molecule has 0 amide bonds. The van der Waals surface area contributed by atoms with Crippen molar-refractivity contribution >= 4 is 37.1 Å². The lowest BCUT2D eigenvalue weighted by atomic mass is 10.3. The van der Waals surface area contributed by atoms with E-state index in [2.05, 4.69) is 0 Å². The second kappa shape index (κ2) is 7.53. The largest absolute Gasteiger partial charge is 0.398 e. The minimum atomic E-state index is -4.90. The van der Waals surface area contributed by atoms with Crippen molar-refractivity contribution < 1.29 is 21.8 Å². The molecule has 11 heteroatoms. The predicted octanol–water partition coefficient (Wildman–Crippen LogP) is 2.76. The first-order chi connectivity index (χ1) is 13.7. The molecule has 0 fully saturated rings. The van der Waals surface area contributed by atoms with Crippen molar-refractivity contribution in [3.8, 4) is 0 Å². The maximum atomic E-state index is 13.4. The Morgan fingerprint density at radius 1 is 0.724 bits per heavy atom. The number of nitrogens with two attached hydrogens (primary N) is 1. The number of nitro benzene ring substituents is 1. The molecule has 2 N–H and O–H groups in total. The molecule has 0 bridgehead atoms. The number of hydrogen-bond donors (Lipinski definition) is 1. The maximum absolute atomic E-state index is 13.4. The number of nitrogens with zero attached hydrogens (tertiary/aromatic N) is 2. The van der Waals surface area contributed by atoms with Crippen LogP contribution in [0.4, 0.5) is 17.1 Å². The summed E-state index contributed by atoms with van der Waals surface area (Å²) in [6.45, 7) is 0. The Kier molecular flexibility index (Phi) is 5.27. The van der Waals surface area contributed by atoms with Crippen LogP contribution in [0.1, 0.15) is 0 Å². The minimum Gasteiger partial charge on any atom is -0.398 e. The van der Waals surface area contributed by atoms with Crippen LogP contribution in [0.2, 0.25) is 0 Å². The van der Waals surface area contributed by atoms with Crippen molar-refractivity contribution in [1.29, 1.82) is 0 Å². The average Bonchev–Trinajstić information content (AvgIpc) is 2.68. The summed E-state index contributed by atoms with van der Waals surface area (Å²) in [4.78, 5) is 9.27. The summed E-state index contributed by atoms with van der Waals surface area (Å²) < 4.78 is 53.6. The quantitative estimate of drug-likeness (QED) is 0.358. The number of rotatable bonds is 6. The summed E-state index contributed by atoms with van der Waals surface area (Å²) in [5.74, 6) is 0. The first kappa shape index (κ1) is 20.3. The minimum absolute atomic E-state index is 0.161. The van der Waals surface area contributed by atoms with Gasteiger partial charge < -0.3 is 5.73 Å². The number of sulfonamides is 2. The van der Waals surface area contributed by atoms with Crippen LogP contribution in [0.25, 0.3) is 0 Å². The summed E-state index contributed by atoms with van der Waals surface area (Å²) in [6, 6.07) is 16.9. The molecule has 0 radical (unpaired) electrons. The average molecular weight is 433 g/mol. The highest BCUT2D eigenvalue weighted by molar-refractivity contribution is 8.10. The fraction of sp³-hybridized carbons (Fsp3) is 0. The molecule has 3 aromatic rings. The molecule has 0 aromatic heterocycles. The molecular weight excluding hydrogens is 418 g/mol. The molecular formula is C18H15N3O6S2. The van der Waals surface area contributed by atoms with Crippen molar-refractivity contribution in [2.75, 3.05) is 9.44 Å². The molecule has 0 saturated heterocycles. The van der Waals surface area contributed by atoms with Gasteiger partial charge in [-0.05, 0) is 30.3 Å². The molecule has 0 aliphatic carbocycles. The summed E-state index contributed by atoms with van der Waals surface area (Å²) in [5, 5.41) is 11.4. The van der Waals surface area contributed by atoms with Gasteiger partial charge in [-0.15, -0.1) is 0 Å². The first-order valence-corrected chi connectivity index (χ1v) is 11.0. The van der Waals surface area contributed by atoms with Gasteiger partial charge in [-0.25, -0.2) is 0 Å². The summed E-state index contributed by atoms with van der Waals surface area (Å²) in [7, 11) is -9.64. The number of hydrogen-bond acceptors (Lipinski definition) is 7. The number of nitro groups is 1. The van der Waals surface area contributed by atoms with E-state index in [0.717, 1.165) is 18.2 Å². The molecule has 0 spiro atoms. The lowest BCUT2D eigenvalue weighted by Gasteiger charge is -2.24. The normalized spacial score (nSPS) is 11.7. The third kappa shape index (κ3) is 3.65. The van der Waals surface area contributed by atoms with Crippen molar-refractivity contribution in [2.45, 2.75) is 9.79 Å². The van der Waals surface area contributed by atoms with Crippen LogP contribution >= 0.6 is 0 Å². The highest BCUT2D eigenvalue weighted by Crippen LogP contribution is 2.35.